The van der Waals surface area contributed by atoms with Gasteiger partial charge in [-0.15, -0.1) is 0 Å². The zero-order chi connectivity index (χ0) is 15.7. The van der Waals surface area contributed by atoms with Crippen molar-refractivity contribution in [1.29, 1.82) is 0 Å². The Bertz CT molecular complexity index is 455. The molecule has 2 amide bonds. The molecule has 1 aliphatic heterocycles. The molecule has 0 fully saturated rings. The quantitative estimate of drug-likeness (QED) is 0.441. The third-order valence-corrected chi connectivity index (χ3v) is 2.94. The molecule has 1 heterocycles. The number of ether oxygens (including phenoxy) is 1. The summed E-state index contributed by atoms with van der Waals surface area (Å²) < 4.78 is 4.77. The van der Waals surface area contributed by atoms with Gasteiger partial charge in [-0.1, -0.05) is 25.8 Å². The molecule has 0 aromatic carbocycles. The summed E-state index contributed by atoms with van der Waals surface area (Å²) in [6.07, 6.45) is 8.48. The molecular formula is C15H22N2O4. The smallest absolute Gasteiger partial charge is 0.334 e. The van der Waals surface area contributed by atoms with Gasteiger partial charge in [0.05, 0.1) is 0 Å². The zero-order valence-corrected chi connectivity index (χ0v) is 12.6. The van der Waals surface area contributed by atoms with Gasteiger partial charge < -0.3 is 4.74 Å². The number of hydrazine groups is 1. The fourth-order valence-corrected chi connectivity index (χ4v) is 1.81. The average molecular weight is 294 g/mol. The number of carbonyl (C=O) groups excluding carboxylic acids is 3. The highest BCUT2D eigenvalue weighted by Gasteiger charge is 2.19. The summed E-state index contributed by atoms with van der Waals surface area (Å²) in [7, 11) is 0. The summed E-state index contributed by atoms with van der Waals surface area (Å²) in [6.45, 7) is 3.70. The highest BCUT2D eigenvalue weighted by molar-refractivity contribution is 5.91. The molecule has 0 aliphatic carbocycles. The number of hydrogen-bond acceptors (Lipinski definition) is 4. The van der Waals surface area contributed by atoms with Gasteiger partial charge in [0.25, 0.3) is 0 Å². The molecule has 116 valence electrons. The van der Waals surface area contributed by atoms with Gasteiger partial charge in [-0.2, -0.15) is 0 Å². The topological polar surface area (TPSA) is 75.7 Å². The summed E-state index contributed by atoms with van der Waals surface area (Å²) >= 11 is 0. The number of carbonyl (C=O) groups is 3. The van der Waals surface area contributed by atoms with Gasteiger partial charge in [0.15, 0.2) is 0 Å². The van der Waals surface area contributed by atoms with E-state index in [9.17, 15) is 14.4 Å². The summed E-state index contributed by atoms with van der Waals surface area (Å²) in [5, 5.41) is 1.18. The van der Waals surface area contributed by atoms with E-state index in [4.69, 9.17) is 4.74 Å². The number of amides is 2. The van der Waals surface area contributed by atoms with E-state index in [1.54, 1.807) is 12.3 Å². The minimum Gasteiger partial charge on any atom is -0.458 e. The van der Waals surface area contributed by atoms with Crippen LogP contribution in [0.4, 0.5) is 0 Å². The first-order valence-corrected chi connectivity index (χ1v) is 7.16. The number of hydrogen-bond donors (Lipinski definition) is 1. The second-order valence-electron chi connectivity index (χ2n) is 4.79. The van der Waals surface area contributed by atoms with E-state index in [1.165, 1.54) is 11.9 Å². The predicted octanol–water partition coefficient (Wildman–Crippen LogP) is 1.83. The van der Waals surface area contributed by atoms with Crippen molar-refractivity contribution in [3.05, 3.63) is 23.9 Å². The van der Waals surface area contributed by atoms with Crippen molar-refractivity contribution in [2.75, 3.05) is 6.61 Å². The Kier molecular flexibility index (Phi) is 7.21. The second kappa shape index (κ2) is 8.94. The lowest BCUT2D eigenvalue weighted by Gasteiger charge is -2.18. The van der Waals surface area contributed by atoms with Crippen LogP contribution in [0.25, 0.3) is 0 Å². The molecule has 0 bridgehead atoms. The van der Waals surface area contributed by atoms with Gasteiger partial charge in [0.1, 0.15) is 6.61 Å². The Hall–Kier alpha value is -2.11. The molecule has 0 aromatic heterocycles. The van der Waals surface area contributed by atoms with E-state index in [2.05, 4.69) is 12.3 Å². The first kappa shape index (κ1) is 16.9. The van der Waals surface area contributed by atoms with Gasteiger partial charge in [0.2, 0.25) is 11.8 Å². The maximum atomic E-state index is 12.1. The molecule has 0 radical (unpaired) electrons. The lowest BCUT2D eigenvalue weighted by molar-refractivity contribution is -0.138. The number of cyclic esters (lactones) is 1. The first-order chi connectivity index (χ1) is 10.0. The summed E-state index contributed by atoms with van der Waals surface area (Å²) in [5.41, 5.74) is 2.98. The van der Waals surface area contributed by atoms with E-state index in [1.807, 2.05) is 6.08 Å². The molecule has 1 rings (SSSR count). The van der Waals surface area contributed by atoms with Crippen molar-refractivity contribution in [1.82, 2.24) is 10.4 Å². The van der Waals surface area contributed by atoms with Crippen LogP contribution in [0.2, 0.25) is 0 Å². The Morgan fingerprint density at radius 1 is 1.48 bits per heavy atom. The largest absolute Gasteiger partial charge is 0.458 e. The first-order valence-electron chi connectivity index (χ1n) is 7.16. The molecule has 0 aromatic rings. The average Bonchev–Trinajstić information content (AvgIpc) is 2.84. The maximum absolute atomic E-state index is 12.1. The Morgan fingerprint density at radius 2 is 2.24 bits per heavy atom. The Labute approximate surface area is 124 Å². The highest BCUT2D eigenvalue weighted by atomic mass is 16.5. The van der Waals surface area contributed by atoms with Crippen LogP contribution < -0.4 is 5.43 Å². The van der Waals surface area contributed by atoms with Crippen LogP contribution in [0, 0.1) is 0 Å². The van der Waals surface area contributed by atoms with Crippen molar-refractivity contribution < 1.29 is 19.1 Å². The molecule has 0 saturated carbocycles. The number of allylic oxidation sites excluding steroid dienone is 1. The van der Waals surface area contributed by atoms with Crippen LogP contribution >= 0.6 is 0 Å². The molecule has 0 spiro atoms. The zero-order valence-electron chi connectivity index (χ0n) is 12.6. The van der Waals surface area contributed by atoms with E-state index in [-0.39, 0.29) is 30.8 Å². The van der Waals surface area contributed by atoms with Gasteiger partial charge in [-0.25, -0.2) is 9.80 Å². The highest BCUT2D eigenvalue weighted by Crippen LogP contribution is 2.14. The summed E-state index contributed by atoms with van der Waals surface area (Å²) in [4.78, 5) is 34.5. The van der Waals surface area contributed by atoms with E-state index in [0.29, 0.717) is 12.0 Å². The third kappa shape index (κ3) is 6.25. The van der Waals surface area contributed by atoms with Crippen LogP contribution in [0.15, 0.2) is 23.9 Å². The van der Waals surface area contributed by atoms with Crippen LogP contribution in [-0.4, -0.2) is 29.4 Å². The van der Waals surface area contributed by atoms with Gasteiger partial charge in [0, 0.05) is 25.1 Å². The molecule has 0 saturated heterocycles. The van der Waals surface area contributed by atoms with E-state index in [0.717, 1.165) is 19.3 Å². The van der Waals surface area contributed by atoms with Crippen LogP contribution in [-0.2, 0) is 19.1 Å². The maximum Gasteiger partial charge on any atom is 0.334 e. The molecule has 0 unspecified atom stereocenters. The number of nitrogens with zero attached hydrogens (tertiary/aromatic N) is 1. The molecule has 6 heteroatoms. The monoisotopic (exact) mass is 294 g/mol. The Balaban J connectivity index is 2.51. The van der Waals surface area contributed by atoms with Crippen molar-refractivity contribution in [3.8, 4) is 0 Å². The number of esters is 1. The number of nitrogens with one attached hydrogen (secondary N) is 1. The predicted molar refractivity (Wildman–Crippen MR) is 77.6 cm³/mol. The van der Waals surface area contributed by atoms with E-state index < -0.39 is 0 Å². The third-order valence-electron chi connectivity index (χ3n) is 2.94. The second-order valence-corrected chi connectivity index (χ2v) is 4.79. The van der Waals surface area contributed by atoms with Crippen LogP contribution in [0.5, 0.6) is 0 Å². The van der Waals surface area contributed by atoms with Crippen LogP contribution in [0.1, 0.15) is 46.0 Å². The molecule has 0 atom stereocenters. The number of unbranched alkanes of at least 4 members (excludes halogenated alkanes) is 2. The molecule has 21 heavy (non-hydrogen) atoms. The molecular weight excluding hydrogens is 272 g/mol. The Morgan fingerprint density at radius 3 is 2.81 bits per heavy atom. The van der Waals surface area contributed by atoms with Crippen molar-refractivity contribution in [2.45, 2.75) is 46.0 Å². The summed E-state index contributed by atoms with van der Waals surface area (Å²) in [6, 6.07) is 0. The van der Waals surface area contributed by atoms with Crippen molar-refractivity contribution in [2.24, 2.45) is 0 Å². The van der Waals surface area contributed by atoms with Gasteiger partial charge >= 0.3 is 5.97 Å². The fourth-order valence-electron chi connectivity index (χ4n) is 1.81. The fraction of sp³-hybridized carbons (Fsp3) is 0.533. The van der Waals surface area contributed by atoms with Crippen molar-refractivity contribution in [3.63, 3.8) is 0 Å². The minimum absolute atomic E-state index is 0.138. The lowest BCUT2D eigenvalue weighted by atomic mass is 10.1. The molecule has 1 aliphatic rings. The standard InChI is InChI=1S/C15H22N2O4/c1-3-4-5-6-10-17(16-12(2)18)14(19)8-7-13-9-11-21-15(13)20/h6,9-10H,3-5,7-8,11H2,1-2H3,(H,16,18)/b10-6-. The van der Waals surface area contributed by atoms with Crippen LogP contribution in [0.3, 0.4) is 0 Å². The SMILES string of the molecule is CCCC/C=C\N(NC(C)=O)C(=O)CCC1=CCOC1=O. The van der Waals surface area contributed by atoms with Gasteiger partial charge in [-0.05, 0) is 18.9 Å². The lowest BCUT2D eigenvalue weighted by Crippen LogP contribution is -2.41. The normalized spacial score (nSPS) is 14.0. The minimum atomic E-state index is -0.368. The molecule has 1 N–H and O–H groups in total. The van der Waals surface area contributed by atoms with Crippen molar-refractivity contribution >= 4 is 17.8 Å². The van der Waals surface area contributed by atoms with E-state index >= 15 is 0 Å². The molecule has 6 nitrogen and oxygen atoms in total. The van der Waals surface area contributed by atoms with Gasteiger partial charge in [-0.3, -0.25) is 15.0 Å². The summed E-state index contributed by atoms with van der Waals surface area (Å²) in [5.74, 6) is -0.950. The number of rotatable bonds is 7.